The van der Waals surface area contributed by atoms with Gasteiger partial charge in [0.25, 0.3) is 5.91 Å². The number of carbonyl (C=O) groups is 1. The van der Waals surface area contributed by atoms with Crippen LogP contribution in [0.3, 0.4) is 0 Å². The molecule has 5 rings (SSSR count). The molecule has 2 aromatic carbocycles. The molecule has 2 atom stereocenters. The Bertz CT molecular complexity index is 1030. The quantitative estimate of drug-likeness (QED) is 0.763. The first-order chi connectivity index (χ1) is 14.0. The number of benzene rings is 2. The van der Waals surface area contributed by atoms with E-state index in [0.717, 1.165) is 42.6 Å². The molecule has 6 heteroatoms. The van der Waals surface area contributed by atoms with Crippen molar-refractivity contribution >= 4 is 22.9 Å². The molecule has 1 amide bonds. The Balaban J connectivity index is 1.51. The minimum Gasteiger partial charge on any atom is -0.484 e. The van der Waals surface area contributed by atoms with Crippen LogP contribution >= 0.6 is 0 Å². The van der Waals surface area contributed by atoms with E-state index in [-0.39, 0.29) is 23.9 Å². The maximum atomic E-state index is 13.8. The number of likely N-dealkylation sites (tertiary alicyclic amines) is 1. The van der Waals surface area contributed by atoms with Crippen LogP contribution in [0.4, 0.5) is 10.1 Å². The van der Waals surface area contributed by atoms with E-state index >= 15 is 0 Å². The first-order valence-corrected chi connectivity index (χ1v) is 10.1. The fraction of sp³-hybridized carbons (Fsp3) is 0.348. The van der Waals surface area contributed by atoms with Gasteiger partial charge in [-0.3, -0.25) is 9.69 Å². The molecule has 2 N–H and O–H groups in total. The second kappa shape index (κ2) is 6.97. The molecular weight excluding hydrogens is 371 g/mol. The van der Waals surface area contributed by atoms with Crippen LogP contribution in [0, 0.1) is 5.82 Å². The summed E-state index contributed by atoms with van der Waals surface area (Å²) in [6, 6.07) is 10.4. The Morgan fingerprint density at radius 1 is 1.24 bits per heavy atom. The van der Waals surface area contributed by atoms with Crippen LogP contribution in [0.2, 0.25) is 0 Å². The van der Waals surface area contributed by atoms with Crippen molar-refractivity contribution in [2.75, 3.05) is 18.4 Å². The molecule has 1 saturated heterocycles. The summed E-state index contributed by atoms with van der Waals surface area (Å²) >= 11 is 0. The second-order valence-electron chi connectivity index (χ2n) is 8.06. The Labute approximate surface area is 168 Å². The average molecular weight is 394 g/mol. The van der Waals surface area contributed by atoms with Crippen molar-refractivity contribution < 1.29 is 19.0 Å². The van der Waals surface area contributed by atoms with Gasteiger partial charge in [0.15, 0.2) is 0 Å². The van der Waals surface area contributed by atoms with Crippen molar-refractivity contribution in [1.29, 1.82) is 0 Å². The Hall–Kier alpha value is -2.70. The van der Waals surface area contributed by atoms with Gasteiger partial charge in [0.1, 0.15) is 17.7 Å². The van der Waals surface area contributed by atoms with Gasteiger partial charge in [-0.25, -0.2) is 4.39 Å². The highest BCUT2D eigenvalue weighted by Crippen LogP contribution is 2.45. The Morgan fingerprint density at radius 2 is 2.10 bits per heavy atom. The van der Waals surface area contributed by atoms with Gasteiger partial charge < -0.3 is 15.2 Å². The standard InChI is InChI=1S/C23H23FN2O3/c1-13-18-9-14(11-26-8-2-3-16(27)12-26)4-6-17(18)22(29-13)21-19-10-15(24)5-7-20(19)25-23(21)28/h4-7,9-10,13,16,27H,2-3,8,11-12H2,1H3,(H,25,28). The lowest BCUT2D eigenvalue weighted by molar-refractivity contribution is -0.110. The summed E-state index contributed by atoms with van der Waals surface area (Å²) in [5, 5.41) is 12.7. The monoisotopic (exact) mass is 394 g/mol. The van der Waals surface area contributed by atoms with E-state index in [1.807, 2.05) is 19.1 Å². The number of ether oxygens (including phenoxy) is 1. The van der Waals surface area contributed by atoms with Crippen molar-refractivity contribution in [3.63, 3.8) is 0 Å². The van der Waals surface area contributed by atoms with Crippen LogP contribution in [0.1, 0.15) is 48.1 Å². The van der Waals surface area contributed by atoms with Gasteiger partial charge >= 0.3 is 0 Å². The molecule has 0 saturated carbocycles. The van der Waals surface area contributed by atoms with E-state index in [2.05, 4.69) is 16.3 Å². The number of hydrogen-bond donors (Lipinski definition) is 2. The maximum Gasteiger partial charge on any atom is 0.260 e. The number of fused-ring (bicyclic) bond motifs is 2. The van der Waals surface area contributed by atoms with Crippen molar-refractivity contribution in [1.82, 2.24) is 4.90 Å². The van der Waals surface area contributed by atoms with Crippen LogP contribution < -0.4 is 5.32 Å². The molecule has 29 heavy (non-hydrogen) atoms. The largest absolute Gasteiger partial charge is 0.484 e. The number of nitrogens with one attached hydrogen (secondary N) is 1. The lowest BCUT2D eigenvalue weighted by atomic mass is 9.97. The zero-order valence-corrected chi connectivity index (χ0v) is 16.2. The normalized spacial score (nSPS) is 26.1. The Morgan fingerprint density at radius 3 is 2.93 bits per heavy atom. The van der Waals surface area contributed by atoms with Crippen molar-refractivity contribution in [2.45, 2.75) is 38.5 Å². The molecule has 0 aromatic heterocycles. The third-order valence-electron chi connectivity index (χ3n) is 5.93. The van der Waals surface area contributed by atoms with E-state index in [9.17, 15) is 14.3 Å². The first-order valence-electron chi connectivity index (χ1n) is 10.1. The zero-order chi connectivity index (χ0) is 20.1. The summed E-state index contributed by atoms with van der Waals surface area (Å²) in [5.41, 5.74) is 4.58. The number of aliphatic hydroxyl groups excluding tert-OH is 1. The van der Waals surface area contributed by atoms with Gasteiger partial charge in [-0.1, -0.05) is 18.2 Å². The lowest BCUT2D eigenvalue weighted by Crippen LogP contribution is -2.37. The second-order valence-corrected chi connectivity index (χ2v) is 8.06. The van der Waals surface area contributed by atoms with Crippen LogP contribution in [-0.4, -0.2) is 35.1 Å². The molecule has 3 aliphatic rings. The van der Waals surface area contributed by atoms with Crippen LogP contribution in [-0.2, 0) is 16.1 Å². The number of amides is 1. The average Bonchev–Trinajstić information content (AvgIpc) is 3.17. The molecule has 1 fully saturated rings. The fourth-order valence-corrected chi connectivity index (χ4v) is 4.55. The fourth-order valence-electron chi connectivity index (χ4n) is 4.55. The van der Waals surface area contributed by atoms with Gasteiger partial charge in [0.05, 0.1) is 11.7 Å². The zero-order valence-electron chi connectivity index (χ0n) is 16.2. The highest BCUT2D eigenvalue weighted by molar-refractivity contribution is 6.36. The molecule has 2 unspecified atom stereocenters. The molecule has 5 nitrogen and oxygen atoms in total. The van der Waals surface area contributed by atoms with E-state index in [0.29, 0.717) is 29.1 Å². The minimum absolute atomic E-state index is 0.190. The number of aliphatic hydroxyl groups is 1. The highest BCUT2D eigenvalue weighted by Gasteiger charge is 2.35. The number of halogens is 1. The van der Waals surface area contributed by atoms with Gasteiger partial charge in [0.2, 0.25) is 0 Å². The molecule has 0 radical (unpaired) electrons. The lowest BCUT2D eigenvalue weighted by Gasteiger charge is -2.30. The third-order valence-corrected chi connectivity index (χ3v) is 5.93. The van der Waals surface area contributed by atoms with Crippen LogP contribution in [0.25, 0.3) is 11.3 Å². The van der Waals surface area contributed by atoms with Crippen LogP contribution in [0.5, 0.6) is 0 Å². The van der Waals surface area contributed by atoms with Gasteiger partial charge in [-0.05, 0) is 50.1 Å². The molecule has 2 aromatic rings. The topological polar surface area (TPSA) is 61.8 Å². The number of piperidine rings is 1. The summed E-state index contributed by atoms with van der Waals surface area (Å²) in [6.07, 6.45) is 1.43. The summed E-state index contributed by atoms with van der Waals surface area (Å²) < 4.78 is 19.9. The number of rotatable bonds is 2. The van der Waals surface area contributed by atoms with Crippen LogP contribution in [0.15, 0.2) is 36.4 Å². The highest BCUT2D eigenvalue weighted by atomic mass is 19.1. The SMILES string of the molecule is CC1OC(=C2C(=O)Nc3ccc(F)cc32)c2ccc(CN3CCCC(O)C3)cc21. The van der Waals surface area contributed by atoms with E-state index in [1.165, 1.54) is 12.1 Å². The molecule has 150 valence electrons. The molecule has 3 heterocycles. The summed E-state index contributed by atoms with van der Waals surface area (Å²) in [7, 11) is 0. The van der Waals surface area contributed by atoms with E-state index in [1.54, 1.807) is 6.07 Å². The third kappa shape index (κ3) is 3.22. The Kier molecular flexibility index (Phi) is 4.41. The molecule has 0 aliphatic carbocycles. The molecule has 0 spiro atoms. The molecule has 3 aliphatic heterocycles. The number of anilines is 1. The van der Waals surface area contributed by atoms with Crippen molar-refractivity contribution in [2.24, 2.45) is 0 Å². The van der Waals surface area contributed by atoms with E-state index < -0.39 is 0 Å². The maximum absolute atomic E-state index is 13.8. The predicted molar refractivity (Wildman–Crippen MR) is 108 cm³/mol. The number of hydrogen-bond acceptors (Lipinski definition) is 4. The molecular formula is C23H23FN2O3. The van der Waals surface area contributed by atoms with Gasteiger partial charge in [-0.15, -0.1) is 0 Å². The van der Waals surface area contributed by atoms with Gasteiger partial charge in [-0.2, -0.15) is 0 Å². The van der Waals surface area contributed by atoms with Gasteiger partial charge in [0, 0.05) is 35.5 Å². The summed E-state index contributed by atoms with van der Waals surface area (Å²) in [4.78, 5) is 14.9. The number of β-amino-alcohol motifs (C(OH)–C–C–N with tert-alkyl or cyclic N) is 1. The number of carbonyl (C=O) groups excluding carboxylic acids is 1. The van der Waals surface area contributed by atoms with Crippen molar-refractivity contribution in [3.05, 3.63) is 64.5 Å². The minimum atomic E-state index is -0.385. The predicted octanol–water partition coefficient (Wildman–Crippen LogP) is 3.69. The van der Waals surface area contributed by atoms with E-state index in [4.69, 9.17) is 4.74 Å². The van der Waals surface area contributed by atoms with Crippen molar-refractivity contribution in [3.8, 4) is 0 Å². The summed E-state index contributed by atoms with van der Waals surface area (Å²) in [5.74, 6) is -0.148. The summed E-state index contributed by atoms with van der Waals surface area (Å²) in [6.45, 7) is 4.41. The first kappa shape index (κ1) is 18.3. The smallest absolute Gasteiger partial charge is 0.260 e. The molecule has 0 bridgehead atoms. The number of nitrogens with zero attached hydrogens (tertiary/aromatic N) is 1.